The Morgan fingerprint density at radius 3 is 2.39 bits per heavy atom. The fraction of sp³-hybridized carbons (Fsp3) is 0.588. The molecule has 2 rings (SSSR count). The van der Waals surface area contributed by atoms with Crippen LogP contribution in [-0.4, -0.2) is 49.9 Å². The standard InChI is InChI=1S/C17H27N3O3/c1-17(2,3)23-16(21)20-9-7-19(8-10-20)15-6-5-14(22-4)11-13(15)12-18/h5-6,11H,7-10,12,18H2,1-4H3. The summed E-state index contributed by atoms with van der Waals surface area (Å²) >= 11 is 0. The zero-order chi connectivity index (χ0) is 17.0. The molecule has 0 bridgehead atoms. The van der Waals surface area contributed by atoms with Gasteiger partial charge in [-0.2, -0.15) is 0 Å². The largest absolute Gasteiger partial charge is 0.497 e. The maximum absolute atomic E-state index is 12.1. The summed E-state index contributed by atoms with van der Waals surface area (Å²) in [6.07, 6.45) is -0.245. The number of carbonyl (C=O) groups is 1. The van der Waals surface area contributed by atoms with E-state index in [1.54, 1.807) is 12.0 Å². The van der Waals surface area contributed by atoms with Crippen LogP contribution in [-0.2, 0) is 11.3 Å². The highest BCUT2D eigenvalue weighted by Crippen LogP contribution is 2.26. The zero-order valence-electron chi connectivity index (χ0n) is 14.5. The van der Waals surface area contributed by atoms with Crippen molar-refractivity contribution in [2.75, 3.05) is 38.2 Å². The van der Waals surface area contributed by atoms with Gasteiger partial charge in [0.2, 0.25) is 0 Å². The van der Waals surface area contributed by atoms with Gasteiger partial charge < -0.3 is 25.0 Å². The van der Waals surface area contributed by atoms with Crippen molar-refractivity contribution >= 4 is 11.8 Å². The van der Waals surface area contributed by atoms with E-state index in [1.807, 2.05) is 39.0 Å². The van der Waals surface area contributed by atoms with Crippen LogP contribution in [0.25, 0.3) is 0 Å². The minimum atomic E-state index is -0.461. The van der Waals surface area contributed by atoms with Gasteiger partial charge in [-0.25, -0.2) is 4.79 Å². The van der Waals surface area contributed by atoms with Gasteiger partial charge in [-0.1, -0.05) is 0 Å². The van der Waals surface area contributed by atoms with Gasteiger partial charge in [-0.3, -0.25) is 0 Å². The molecule has 1 saturated heterocycles. The number of carbonyl (C=O) groups excluding carboxylic acids is 1. The van der Waals surface area contributed by atoms with Gasteiger partial charge in [0.05, 0.1) is 7.11 Å². The van der Waals surface area contributed by atoms with E-state index >= 15 is 0 Å². The number of methoxy groups -OCH3 is 1. The van der Waals surface area contributed by atoms with Crippen LogP contribution >= 0.6 is 0 Å². The lowest BCUT2D eigenvalue weighted by molar-refractivity contribution is 0.0240. The Morgan fingerprint density at radius 2 is 1.87 bits per heavy atom. The van der Waals surface area contributed by atoms with Crippen LogP contribution in [0.3, 0.4) is 0 Å². The number of ether oxygens (including phenoxy) is 2. The van der Waals surface area contributed by atoms with Gasteiger partial charge in [0.25, 0.3) is 0 Å². The highest BCUT2D eigenvalue weighted by atomic mass is 16.6. The molecule has 1 aromatic rings. The maximum atomic E-state index is 12.1. The van der Waals surface area contributed by atoms with Crippen LogP contribution in [0.1, 0.15) is 26.3 Å². The highest BCUT2D eigenvalue weighted by Gasteiger charge is 2.26. The molecule has 0 aromatic heterocycles. The number of nitrogens with two attached hydrogens (primary N) is 1. The quantitative estimate of drug-likeness (QED) is 0.924. The third kappa shape index (κ3) is 4.51. The molecule has 0 atom stereocenters. The summed E-state index contributed by atoms with van der Waals surface area (Å²) in [6, 6.07) is 5.94. The monoisotopic (exact) mass is 321 g/mol. The van der Waals surface area contributed by atoms with Crippen LogP contribution in [0.15, 0.2) is 18.2 Å². The van der Waals surface area contributed by atoms with E-state index < -0.39 is 5.60 Å². The third-order valence-corrected chi connectivity index (χ3v) is 3.78. The lowest BCUT2D eigenvalue weighted by Crippen LogP contribution is -2.50. The smallest absolute Gasteiger partial charge is 0.410 e. The molecule has 6 heteroatoms. The molecule has 23 heavy (non-hydrogen) atoms. The molecule has 1 amide bonds. The molecule has 1 aliphatic rings. The Hall–Kier alpha value is -1.95. The van der Waals surface area contributed by atoms with Gasteiger partial charge in [-0.05, 0) is 44.5 Å². The summed E-state index contributed by atoms with van der Waals surface area (Å²) in [5.74, 6) is 0.807. The van der Waals surface area contributed by atoms with Crippen LogP contribution in [0.2, 0.25) is 0 Å². The number of amides is 1. The Bertz CT molecular complexity index is 547. The molecular formula is C17H27N3O3. The van der Waals surface area contributed by atoms with Gasteiger partial charge in [0, 0.05) is 38.4 Å². The average molecular weight is 321 g/mol. The number of nitrogens with zero attached hydrogens (tertiary/aromatic N) is 2. The molecule has 0 radical (unpaired) electrons. The van der Waals surface area contributed by atoms with E-state index in [1.165, 1.54) is 0 Å². The Morgan fingerprint density at radius 1 is 1.22 bits per heavy atom. The molecular weight excluding hydrogens is 294 g/mol. The first-order valence-corrected chi connectivity index (χ1v) is 7.94. The molecule has 2 N–H and O–H groups in total. The van der Waals surface area contributed by atoms with Crippen molar-refractivity contribution < 1.29 is 14.3 Å². The summed E-state index contributed by atoms with van der Waals surface area (Å²) in [6.45, 7) is 8.91. The first-order chi connectivity index (χ1) is 10.8. The average Bonchev–Trinajstić information content (AvgIpc) is 2.52. The maximum Gasteiger partial charge on any atom is 0.410 e. The molecule has 6 nitrogen and oxygen atoms in total. The SMILES string of the molecule is COc1ccc(N2CCN(C(=O)OC(C)(C)C)CC2)c(CN)c1. The number of rotatable bonds is 3. The predicted octanol–water partition coefficient (Wildman–Crippen LogP) is 2.21. The normalized spacial score (nSPS) is 15.5. The molecule has 0 spiro atoms. The van der Waals surface area contributed by atoms with Gasteiger partial charge in [-0.15, -0.1) is 0 Å². The summed E-state index contributed by atoms with van der Waals surface area (Å²) in [5, 5.41) is 0. The van der Waals surface area contributed by atoms with E-state index in [-0.39, 0.29) is 6.09 Å². The number of piperazine rings is 1. The van der Waals surface area contributed by atoms with E-state index in [4.69, 9.17) is 15.2 Å². The minimum absolute atomic E-state index is 0.245. The van der Waals surface area contributed by atoms with Crippen molar-refractivity contribution in [2.45, 2.75) is 32.9 Å². The van der Waals surface area contributed by atoms with Crippen molar-refractivity contribution in [1.82, 2.24) is 4.90 Å². The van der Waals surface area contributed by atoms with Gasteiger partial charge in [0.15, 0.2) is 0 Å². The van der Waals surface area contributed by atoms with E-state index in [2.05, 4.69) is 4.90 Å². The molecule has 0 unspecified atom stereocenters. The first-order valence-electron chi connectivity index (χ1n) is 7.94. The van der Waals surface area contributed by atoms with E-state index in [9.17, 15) is 4.79 Å². The summed E-state index contributed by atoms with van der Waals surface area (Å²) < 4.78 is 10.7. The summed E-state index contributed by atoms with van der Waals surface area (Å²) in [4.78, 5) is 16.1. The van der Waals surface area contributed by atoms with Crippen molar-refractivity contribution in [3.63, 3.8) is 0 Å². The van der Waals surface area contributed by atoms with Crippen molar-refractivity contribution in [1.29, 1.82) is 0 Å². The van der Waals surface area contributed by atoms with Crippen LogP contribution in [0.5, 0.6) is 5.75 Å². The fourth-order valence-corrected chi connectivity index (χ4v) is 2.62. The first kappa shape index (κ1) is 17.4. The third-order valence-electron chi connectivity index (χ3n) is 3.78. The Labute approximate surface area is 138 Å². The van der Waals surface area contributed by atoms with Gasteiger partial charge >= 0.3 is 6.09 Å². The molecule has 0 aliphatic carbocycles. The zero-order valence-corrected chi connectivity index (χ0v) is 14.5. The van der Waals surface area contributed by atoms with E-state index in [0.29, 0.717) is 19.6 Å². The Balaban J connectivity index is 2.00. The second-order valence-electron chi connectivity index (χ2n) is 6.65. The number of benzene rings is 1. The van der Waals surface area contributed by atoms with Crippen LogP contribution < -0.4 is 15.4 Å². The number of hydrogen-bond donors (Lipinski definition) is 1. The van der Waals surface area contributed by atoms with Crippen LogP contribution in [0.4, 0.5) is 10.5 Å². The van der Waals surface area contributed by atoms with Gasteiger partial charge in [0.1, 0.15) is 11.4 Å². The lowest BCUT2D eigenvalue weighted by Gasteiger charge is -2.37. The van der Waals surface area contributed by atoms with Crippen molar-refractivity contribution in [2.24, 2.45) is 5.73 Å². The predicted molar refractivity (Wildman–Crippen MR) is 90.9 cm³/mol. The second kappa shape index (κ2) is 7.08. The molecule has 1 fully saturated rings. The fourth-order valence-electron chi connectivity index (χ4n) is 2.62. The Kier molecular flexibility index (Phi) is 5.36. The van der Waals surface area contributed by atoms with Crippen molar-refractivity contribution in [3.05, 3.63) is 23.8 Å². The molecule has 128 valence electrons. The minimum Gasteiger partial charge on any atom is -0.497 e. The second-order valence-corrected chi connectivity index (χ2v) is 6.65. The highest BCUT2D eigenvalue weighted by molar-refractivity contribution is 5.69. The van der Waals surface area contributed by atoms with E-state index in [0.717, 1.165) is 30.1 Å². The summed E-state index contributed by atoms with van der Waals surface area (Å²) in [5.41, 5.74) is 7.56. The molecule has 1 aliphatic heterocycles. The molecule has 0 saturated carbocycles. The topological polar surface area (TPSA) is 68.0 Å². The summed E-state index contributed by atoms with van der Waals surface area (Å²) in [7, 11) is 1.65. The lowest BCUT2D eigenvalue weighted by atomic mass is 10.1. The number of anilines is 1. The number of hydrogen-bond acceptors (Lipinski definition) is 5. The van der Waals surface area contributed by atoms with Crippen molar-refractivity contribution in [3.8, 4) is 5.75 Å². The molecule has 1 aromatic carbocycles. The molecule has 1 heterocycles. The van der Waals surface area contributed by atoms with Crippen LogP contribution in [0, 0.1) is 0 Å².